The van der Waals surface area contributed by atoms with Gasteiger partial charge in [0.25, 0.3) is 5.91 Å². The molecule has 0 spiro atoms. The zero-order valence-corrected chi connectivity index (χ0v) is 22.9. The van der Waals surface area contributed by atoms with E-state index in [2.05, 4.69) is 9.73 Å². The fraction of sp³-hybridized carbons (Fsp3) is 0.276. The van der Waals surface area contributed by atoms with Gasteiger partial charge in [-0.15, -0.1) is 13.2 Å². The predicted molar refractivity (Wildman–Crippen MR) is 147 cm³/mol. The predicted octanol–water partition coefficient (Wildman–Crippen LogP) is 6.51. The highest BCUT2D eigenvalue weighted by molar-refractivity contribution is 6.50. The molecule has 0 aromatic heterocycles. The van der Waals surface area contributed by atoms with Crippen molar-refractivity contribution in [2.45, 2.75) is 32.5 Å². The fourth-order valence-electron chi connectivity index (χ4n) is 4.42. The average molecular weight is 591 g/mol. The molecular formula is C29H26ClF3N2O6. The van der Waals surface area contributed by atoms with Crippen molar-refractivity contribution in [3.05, 3.63) is 76.3 Å². The lowest BCUT2D eigenvalue weighted by Gasteiger charge is -2.20. The van der Waals surface area contributed by atoms with E-state index < -0.39 is 24.0 Å². The molecule has 0 atom stereocenters. The maximum atomic E-state index is 14.0. The first-order valence-corrected chi connectivity index (χ1v) is 12.9. The van der Waals surface area contributed by atoms with E-state index in [4.69, 9.17) is 26.2 Å². The molecule has 1 N–H and O–H groups in total. The van der Waals surface area contributed by atoms with Crippen molar-refractivity contribution in [2.75, 3.05) is 25.2 Å². The molecule has 0 radical (unpaired) electrons. The number of carboxylic acids is 1. The Morgan fingerprint density at radius 2 is 1.76 bits per heavy atom. The van der Waals surface area contributed by atoms with Gasteiger partial charge in [-0.25, -0.2) is 4.99 Å². The minimum absolute atomic E-state index is 0.0133. The van der Waals surface area contributed by atoms with E-state index in [-0.39, 0.29) is 31.7 Å². The number of halogens is 4. The third-order valence-corrected chi connectivity index (χ3v) is 6.50. The Labute approximate surface area is 238 Å². The SMILES string of the molecule is COc1cc(N=C(C(=O)N2CCc3c(C)cc(OC(F)(F)F)cc32)c2ccc(Cl)cc2)cc(OCCCC(=O)O)c1. The molecule has 0 aliphatic carbocycles. The number of aryl methyl sites for hydroxylation is 1. The van der Waals surface area contributed by atoms with Crippen LogP contribution in [-0.4, -0.2) is 49.3 Å². The molecule has 12 heteroatoms. The zero-order chi connectivity index (χ0) is 29.7. The van der Waals surface area contributed by atoms with Gasteiger partial charge < -0.3 is 24.2 Å². The highest BCUT2D eigenvalue weighted by atomic mass is 35.5. The van der Waals surface area contributed by atoms with Crippen molar-refractivity contribution in [3.8, 4) is 17.2 Å². The monoisotopic (exact) mass is 590 g/mol. The van der Waals surface area contributed by atoms with E-state index in [1.165, 1.54) is 24.1 Å². The van der Waals surface area contributed by atoms with Crippen molar-refractivity contribution >= 4 is 40.6 Å². The first kappa shape index (κ1) is 29.7. The molecule has 0 bridgehead atoms. The number of carboxylic acid groups (broad SMARTS) is 1. The average Bonchev–Trinajstić information content (AvgIpc) is 3.33. The second-order valence-electron chi connectivity index (χ2n) is 9.17. The van der Waals surface area contributed by atoms with Crippen LogP contribution in [0.4, 0.5) is 24.5 Å². The van der Waals surface area contributed by atoms with Gasteiger partial charge in [0.1, 0.15) is 23.0 Å². The molecule has 3 aromatic rings. The molecule has 0 saturated heterocycles. The lowest BCUT2D eigenvalue weighted by molar-refractivity contribution is -0.274. The summed E-state index contributed by atoms with van der Waals surface area (Å²) in [6, 6.07) is 13.7. The van der Waals surface area contributed by atoms with E-state index in [9.17, 15) is 22.8 Å². The molecule has 1 heterocycles. The number of alkyl halides is 3. The van der Waals surface area contributed by atoms with Crippen molar-refractivity contribution < 1.29 is 42.1 Å². The summed E-state index contributed by atoms with van der Waals surface area (Å²) in [4.78, 5) is 30.8. The summed E-state index contributed by atoms with van der Waals surface area (Å²) < 4.78 is 54.0. The van der Waals surface area contributed by atoms with E-state index in [1.54, 1.807) is 49.4 Å². The summed E-state index contributed by atoms with van der Waals surface area (Å²) >= 11 is 6.07. The van der Waals surface area contributed by atoms with Gasteiger partial charge in [0.2, 0.25) is 0 Å². The molecule has 41 heavy (non-hydrogen) atoms. The molecule has 8 nitrogen and oxygen atoms in total. The number of fused-ring (bicyclic) bond motifs is 1. The zero-order valence-electron chi connectivity index (χ0n) is 22.1. The number of amides is 1. The number of rotatable bonds is 10. The highest BCUT2D eigenvalue weighted by Crippen LogP contribution is 2.37. The molecule has 0 unspecified atom stereocenters. The number of anilines is 1. The van der Waals surface area contributed by atoms with E-state index >= 15 is 0 Å². The van der Waals surface area contributed by atoms with Crippen LogP contribution in [0.1, 0.15) is 29.5 Å². The number of benzene rings is 3. The van der Waals surface area contributed by atoms with E-state index in [0.717, 1.165) is 5.56 Å². The van der Waals surface area contributed by atoms with Gasteiger partial charge in [-0.3, -0.25) is 9.59 Å². The second-order valence-corrected chi connectivity index (χ2v) is 9.61. The highest BCUT2D eigenvalue weighted by Gasteiger charge is 2.34. The summed E-state index contributed by atoms with van der Waals surface area (Å²) in [5, 5.41) is 9.29. The third-order valence-electron chi connectivity index (χ3n) is 6.24. The number of aliphatic carboxylic acids is 1. The van der Waals surface area contributed by atoms with Gasteiger partial charge in [0, 0.05) is 47.8 Å². The second kappa shape index (κ2) is 12.5. The first-order valence-electron chi connectivity index (χ1n) is 12.5. The minimum atomic E-state index is -4.89. The molecule has 1 aliphatic rings. The standard InChI is InChI=1S/C29H26ClF3N2O6/c1-17-12-23(41-29(31,32)33)16-25-24(17)9-10-35(25)28(38)27(18-5-7-19(30)8-6-18)34-20-13-21(39-2)15-22(14-20)40-11-3-4-26(36)37/h5-8,12-16H,3-4,9-11H2,1-2H3,(H,36,37). The Morgan fingerprint density at radius 1 is 1.05 bits per heavy atom. The molecule has 0 saturated carbocycles. The van der Waals surface area contributed by atoms with Crippen molar-refractivity contribution in [3.63, 3.8) is 0 Å². The molecule has 1 aliphatic heterocycles. The van der Waals surface area contributed by atoms with Gasteiger partial charge in [-0.2, -0.15) is 0 Å². The van der Waals surface area contributed by atoms with Crippen molar-refractivity contribution in [1.29, 1.82) is 0 Å². The summed E-state index contributed by atoms with van der Waals surface area (Å²) in [7, 11) is 1.45. The first-order chi connectivity index (χ1) is 19.4. The maximum Gasteiger partial charge on any atom is 0.573 e. The Bertz CT molecular complexity index is 1470. The summed E-state index contributed by atoms with van der Waals surface area (Å²) in [5.41, 5.74) is 2.37. The van der Waals surface area contributed by atoms with Gasteiger partial charge in [-0.1, -0.05) is 23.7 Å². The van der Waals surface area contributed by atoms with Gasteiger partial charge in [0.15, 0.2) is 0 Å². The Kier molecular flexibility index (Phi) is 9.07. The summed E-state index contributed by atoms with van der Waals surface area (Å²) in [5.74, 6) is -1.16. The van der Waals surface area contributed by atoms with Crippen LogP contribution in [0.25, 0.3) is 0 Å². The number of methoxy groups -OCH3 is 1. The molecule has 1 amide bonds. The molecule has 3 aromatic carbocycles. The lowest BCUT2D eigenvalue weighted by Crippen LogP contribution is -2.35. The number of carbonyl (C=O) groups is 2. The molecule has 0 fully saturated rings. The minimum Gasteiger partial charge on any atom is -0.497 e. The quantitative estimate of drug-likeness (QED) is 0.214. The topological polar surface area (TPSA) is 97.7 Å². The van der Waals surface area contributed by atoms with Crippen molar-refractivity contribution in [2.24, 2.45) is 4.99 Å². The van der Waals surface area contributed by atoms with Crippen LogP contribution in [-0.2, 0) is 16.0 Å². The van der Waals surface area contributed by atoms with Crippen LogP contribution in [0.2, 0.25) is 5.02 Å². The third kappa shape index (κ3) is 7.69. The molecule has 216 valence electrons. The number of carbonyl (C=O) groups excluding carboxylic acids is 1. The van der Waals surface area contributed by atoms with Crippen molar-refractivity contribution in [1.82, 2.24) is 0 Å². The Hall–Kier alpha value is -4.25. The fourth-order valence-corrected chi connectivity index (χ4v) is 4.54. The summed E-state index contributed by atoms with van der Waals surface area (Å²) in [6.07, 6.45) is -4.21. The van der Waals surface area contributed by atoms with Gasteiger partial charge in [-0.05, 0) is 49.1 Å². The van der Waals surface area contributed by atoms with Crippen LogP contribution in [0, 0.1) is 6.92 Å². The summed E-state index contributed by atoms with van der Waals surface area (Å²) in [6.45, 7) is 2.03. The Morgan fingerprint density at radius 3 is 2.41 bits per heavy atom. The molecule has 4 rings (SSSR count). The number of hydrogen-bond acceptors (Lipinski definition) is 6. The van der Waals surface area contributed by atoms with Crippen LogP contribution in [0.15, 0.2) is 59.6 Å². The van der Waals surface area contributed by atoms with E-state index in [1.807, 2.05) is 0 Å². The largest absolute Gasteiger partial charge is 0.573 e. The number of ether oxygens (including phenoxy) is 3. The maximum absolute atomic E-state index is 14.0. The smallest absolute Gasteiger partial charge is 0.497 e. The van der Waals surface area contributed by atoms with E-state index in [0.29, 0.717) is 45.4 Å². The number of aliphatic imine (C=N–C) groups is 1. The van der Waals surface area contributed by atoms with Crippen LogP contribution >= 0.6 is 11.6 Å². The lowest BCUT2D eigenvalue weighted by atomic mass is 10.1. The number of nitrogens with zero attached hydrogens (tertiary/aromatic N) is 2. The van der Waals surface area contributed by atoms with Gasteiger partial charge in [0.05, 0.1) is 25.1 Å². The number of hydrogen-bond donors (Lipinski definition) is 1. The van der Waals surface area contributed by atoms with Gasteiger partial charge >= 0.3 is 12.3 Å². The Balaban J connectivity index is 1.73. The van der Waals surface area contributed by atoms with Crippen LogP contribution in [0.3, 0.4) is 0 Å². The van der Waals surface area contributed by atoms with Crippen LogP contribution < -0.4 is 19.1 Å². The molecular weight excluding hydrogens is 565 g/mol. The normalized spacial score (nSPS) is 13.1. The van der Waals surface area contributed by atoms with Crippen LogP contribution in [0.5, 0.6) is 17.2 Å².